The van der Waals surface area contributed by atoms with Crippen molar-refractivity contribution in [1.29, 1.82) is 0 Å². The second-order valence-corrected chi connectivity index (χ2v) is 14.0. The second-order valence-electron chi connectivity index (χ2n) is 12.9. The molecule has 0 N–H and O–H groups in total. The minimum atomic E-state index is 1.24. The van der Waals surface area contributed by atoms with Crippen molar-refractivity contribution in [3.05, 3.63) is 169 Å². The molecule has 0 aliphatic carbocycles. The summed E-state index contributed by atoms with van der Waals surface area (Å²) in [4.78, 5) is 0. The van der Waals surface area contributed by atoms with Gasteiger partial charge in [-0.15, -0.1) is 11.3 Å². The van der Waals surface area contributed by atoms with Crippen molar-refractivity contribution in [2.75, 3.05) is 0 Å². The third-order valence-electron chi connectivity index (χ3n) is 10.1. The van der Waals surface area contributed by atoms with Crippen molar-refractivity contribution in [3.63, 3.8) is 0 Å². The molecule has 10 aromatic rings. The summed E-state index contributed by atoms with van der Waals surface area (Å²) in [6.07, 6.45) is 0. The molecule has 0 nitrogen and oxygen atoms in total. The second kappa shape index (κ2) is 10.6. The largest absolute Gasteiger partial charge is 0.135 e. The average Bonchev–Trinajstić information content (AvgIpc) is 3.52. The van der Waals surface area contributed by atoms with Crippen LogP contribution in [0.5, 0.6) is 0 Å². The number of thiophene rings is 1. The molecule has 48 heavy (non-hydrogen) atoms. The van der Waals surface area contributed by atoms with Crippen LogP contribution in [0.3, 0.4) is 0 Å². The van der Waals surface area contributed by atoms with Gasteiger partial charge in [-0.2, -0.15) is 0 Å². The summed E-state index contributed by atoms with van der Waals surface area (Å²) >= 11 is 1.89. The number of fused-ring (bicyclic) bond motifs is 8. The van der Waals surface area contributed by atoms with Crippen molar-refractivity contribution in [2.45, 2.75) is 6.92 Å². The van der Waals surface area contributed by atoms with E-state index in [1.165, 1.54) is 102 Å². The van der Waals surface area contributed by atoms with E-state index in [0.717, 1.165) is 0 Å². The molecule has 0 atom stereocenters. The molecule has 1 heterocycles. The molecular formula is C47H30S. The minimum Gasteiger partial charge on any atom is -0.135 e. The van der Waals surface area contributed by atoms with Crippen LogP contribution in [-0.4, -0.2) is 0 Å². The van der Waals surface area contributed by atoms with E-state index in [9.17, 15) is 0 Å². The van der Waals surface area contributed by atoms with Gasteiger partial charge < -0.3 is 0 Å². The first-order chi connectivity index (χ1) is 23.7. The number of rotatable bonds is 3. The SMILES string of the molecule is Cc1ccc2c(-c3ccc(-c4ccccc4)c4ccccc34)c3ccccc3c(-c3ccc4sc5ccc6ccccc6c5c4c3)c2c1. The molecule has 0 fully saturated rings. The van der Waals surface area contributed by atoms with Crippen molar-refractivity contribution >= 4 is 74.6 Å². The predicted molar refractivity (Wildman–Crippen MR) is 210 cm³/mol. The van der Waals surface area contributed by atoms with Crippen molar-refractivity contribution in [1.82, 2.24) is 0 Å². The topological polar surface area (TPSA) is 0 Å². The summed E-state index contributed by atoms with van der Waals surface area (Å²) in [5.74, 6) is 0. The van der Waals surface area contributed by atoms with Crippen LogP contribution in [0, 0.1) is 6.92 Å². The Morgan fingerprint density at radius 2 is 0.979 bits per heavy atom. The highest BCUT2D eigenvalue weighted by Gasteiger charge is 2.20. The average molecular weight is 627 g/mol. The highest BCUT2D eigenvalue weighted by Crippen LogP contribution is 2.48. The van der Waals surface area contributed by atoms with E-state index in [2.05, 4.69) is 171 Å². The Bertz CT molecular complexity index is 2890. The van der Waals surface area contributed by atoms with Gasteiger partial charge in [-0.3, -0.25) is 0 Å². The first kappa shape index (κ1) is 27.4. The summed E-state index contributed by atoms with van der Waals surface area (Å²) in [5.41, 5.74) is 8.91. The third kappa shape index (κ3) is 4.08. The quantitative estimate of drug-likeness (QED) is 0.171. The van der Waals surface area contributed by atoms with Crippen LogP contribution in [0.1, 0.15) is 5.56 Å². The Hall–Kier alpha value is -5.76. The van der Waals surface area contributed by atoms with E-state index in [1.807, 2.05) is 11.3 Å². The van der Waals surface area contributed by atoms with Gasteiger partial charge in [-0.05, 0) is 102 Å². The molecule has 0 aliphatic heterocycles. The van der Waals surface area contributed by atoms with Crippen LogP contribution in [0.2, 0.25) is 0 Å². The third-order valence-corrected chi connectivity index (χ3v) is 11.2. The molecule has 0 unspecified atom stereocenters. The van der Waals surface area contributed by atoms with E-state index in [0.29, 0.717) is 0 Å². The summed E-state index contributed by atoms with van der Waals surface area (Å²) in [5, 5.41) is 13.0. The smallest absolute Gasteiger partial charge is 0.0361 e. The van der Waals surface area contributed by atoms with E-state index in [-0.39, 0.29) is 0 Å². The molecule has 10 rings (SSSR count). The predicted octanol–water partition coefficient (Wildman–Crippen LogP) is 14.0. The first-order valence-corrected chi connectivity index (χ1v) is 17.4. The molecule has 0 amide bonds. The highest BCUT2D eigenvalue weighted by molar-refractivity contribution is 7.26. The van der Waals surface area contributed by atoms with Gasteiger partial charge >= 0.3 is 0 Å². The van der Waals surface area contributed by atoms with E-state index < -0.39 is 0 Å². The van der Waals surface area contributed by atoms with Gasteiger partial charge in [0.05, 0.1) is 0 Å². The maximum absolute atomic E-state index is 2.45. The zero-order valence-electron chi connectivity index (χ0n) is 26.5. The van der Waals surface area contributed by atoms with E-state index >= 15 is 0 Å². The Labute approximate surface area is 283 Å². The fourth-order valence-electron chi connectivity index (χ4n) is 7.98. The molecule has 0 radical (unpaired) electrons. The molecule has 9 aromatic carbocycles. The Kier molecular flexibility index (Phi) is 6.06. The van der Waals surface area contributed by atoms with E-state index in [4.69, 9.17) is 0 Å². The molecule has 0 bridgehead atoms. The van der Waals surface area contributed by atoms with Crippen LogP contribution >= 0.6 is 11.3 Å². The van der Waals surface area contributed by atoms with Gasteiger partial charge in [-0.1, -0.05) is 151 Å². The summed E-state index contributed by atoms with van der Waals surface area (Å²) in [7, 11) is 0. The van der Waals surface area contributed by atoms with Crippen LogP contribution in [-0.2, 0) is 0 Å². The molecule has 0 spiro atoms. The molecule has 1 aromatic heterocycles. The van der Waals surface area contributed by atoms with E-state index in [1.54, 1.807) is 0 Å². The van der Waals surface area contributed by atoms with Gasteiger partial charge in [0.2, 0.25) is 0 Å². The first-order valence-electron chi connectivity index (χ1n) is 16.6. The fourth-order valence-corrected chi connectivity index (χ4v) is 9.08. The molecular weight excluding hydrogens is 597 g/mol. The standard InChI is InChI=1S/C47H30S/c1-29-19-22-40-41(27-29)45(32-21-25-43-42(28-32)47-34-14-6-5-13-31(34)20-26-44(47)48-43)37-17-9-10-18-38(37)46(40)39-24-23-33(30-11-3-2-4-12-30)35-15-7-8-16-36(35)39/h2-28H,1H3. The van der Waals surface area contributed by atoms with Crippen molar-refractivity contribution < 1.29 is 0 Å². The van der Waals surface area contributed by atoms with Crippen molar-refractivity contribution in [2.24, 2.45) is 0 Å². The van der Waals surface area contributed by atoms with Crippen molar-refractivity contribution in [3.8, 4) is 33.4 Å². The van der Waals surface area contributed by atoms with Crippen LogP contribution in [0.25, 0.3) is 96.6 Å². The molecule has 0 saturated heterocycles. The lowest BCUT2D eigenvalue weighted by molar-refractivity contribution is 1.51. The van der Waals surface area contributed by atoms with Gasteiger partial charge in [-0.25, -0.2) is 0 Å². The molecule has 0 saturated carbocycles. The monoisotopic (exact) mass is 626 g/mol. The summed E-state index contributed by atoms with van der Waals surface area (Å²) in [6.45, 7) is 2.21. The zero-order valence-corrected chi connectivity index (χ0v) is 27.3. The summed E-state index contributed by atoms with van der Waals surface area (Å²) in [6, 6.07) is 60.8. The molecule has 1 heteroatoms. The van der Waals surface area contributed by atoms with Gasteiger partial charge in [0.25, 0.3) is 0 Å². The lowest BCUT2D eigenvalue weighted by Gasteiger charge is -2.20. The van der Waals surface area contributed by atoms with Crippen LogP contribution in [0.4, 0.5) is 0 Å². The van der Waals surface area contributed by atoms with Gasteiger partial charge in [0, 0.05) is 20.2 Å². The number of benzene rings is 9. The molecule has 224 valence electrons. The Morgan fingerprint density at radius 1 is 0.354 bits per heavy atom. The van der Waals surface area contributed by atoms with Gasteiger partial charge in [0.15, 0.2) is 0 Å². The van der Waals surface area contributed by atoms with Crippen LogP contribution in [0.15, 0.2) is 164 Å². The maximum atomic E-state index is 2.45. The normalized spacial score (nSPS) is 11.9. The highest BCUT2D eigenvalue weighted by atomic mass is 32.1. The number of aryl methyl sites for hydroxylation is 1. The number of hydrogen-bond acceptors (Lipinski definition) is 1. The fraction of sp³-hybridized carbons (Fsp3) is 0.0213. The Balaban J connectivity index is 1.30. The minimum absolute atomic E-state index is 1.24. The summed E-state index contributed by atoms with van der Waals surface area (Å²) < 4.78 is 2.67. The number of hydrogen-bond donors (Lipinski definition) is 0. The van der Waals surface area contributed by atoms with Crippen LogP contribution < -0.4 is 0 Å². The zero-order chi connectivity index (χ0) is 31.8. The lowest BCUT2D eigenvalue weighted by Crippen LogP contribution is -1.93. The molecule has 0 aliphatic rings. The lowest BCUT2D eigenvalue weighted by atomic mass is 9.83. The Morgan fingerprint density at radius 3 is 1.79 bits per heavy atom. The van der Waals surface area contributed by atoms with Gasteiger partial charge in [0.1, 0.15) is 0 Å². The maximum Gasteiger partial charge on any atom is 0.0361 e.